The van der Waals surface area contributed by atoms with E-state index in [9.17, 15) is 4.79 Å². The van der Waals surface area contributed by atoms with Gasteiger partial charge in [0.15, 0.2) is 0 Å². The highest BCUT2D eigenvalue weighted by Crippen LogP contribution is 2.29. The zero-order valence-electron chi connectivity index (χ0n) is 16.4. The van der Waals surface area contributed by atoms with E-state index in [2.05, 4.69) is 30.9 Å². The number of amides is 1. The Kier molecular flexibility index (Phi) is 6.51. The van der Waals surface area contributed by atoms with E-state index >= 15 is 0 Å². The summed E-state index contributed by atoms with van der Waals surface area (Å²) >= 11 is 6.39. The molecular weight excluding hydrogens is 400 g/mol. The predicted octanol–water partition coefficient (Wildman–Crippen LogP) is 3.74. The molecule has 0 unspecified atom stereocenters. The van der Waals surface area contributed by atoms with Crippen LogP contribution in [0.3, 0.4) is 0 Å². The van der Waals surface area contributed by atoms with E-state index in [1.54, 1.807) is 24.7 Å². The van der Waals surface area contributed by atoms with Crippen LogP contribution in [0.5, 0.6) is 0 Å². The van der Waals surface area contributed by atoms with Crippen LogP contribution in [-0.2, 0) is 11.3 Å². The lowest BCUT2D eigenvalue weighted by Crippen LogP contribution is -2.37. The van der Waals surface area contributed by atoms with Crippen molar-refractivity contribution in [3.05, 3.63) is 65.6 Å². The topological polar surface area (TPSA) is 91.8 Å². The average Bonchev–Trinajstić information content (AvgIpc) is 2.80. The molecule has 30 heavy (non-hydrogen) atoms. The fraction of sp³-hybridized carbons (Fsp3) is 0.273. The Morgan fingerprint density at radius 2 is 2.07 bits per heavy atom. The van der Waals surface area contributed by atoms with Crippen molar-refractivity contribution in [1.29, 1.82) is 0 Å². The maximum absolute atomic E-state index is 12.5. The molecule has 4 heterocycles. The van der Waals surface area contributed by atoms with Crippen molar-refractivity contribution in [3.8, 4) is 11.3 Å². The average molecular weight is 423 g/mol. The normalized spacial score (nSPS) is 16.1. The van der Waals surface area contributed by atoms with Gasteiger partial charge in [0.05, 0.1) is 16.6 Å². The molecule has 1 atom stereocenters. The molecule has 0 radical (unpaired) electrons. The van der Waals surface area contributed by atoms with Crippen molar-refractivity contribution in [2.24, 2.45) is 5.92 Å². The molecule has 154 valence electrons. The van der Waals surface area contributed by atoms with Crippen molar-refractivity contribution in [2.75, 3.05) is 23.7 Å². The first-order valence-electron chi connectivity index (χ1n) is 9.96. The van der Waals surface area contributed by atoms with Crippen molar-refractivity contribution < 1.29 is 4.79 Å². The van der Waals surface area contributed by atoms with Crippen LogP contribution < -0.4 is 16.0 Å². The summed E-state index contributed by atoms with van der Waals surface area (Å²) in [7, 11) is 0. The van der Waals surface area contributed by atoms with Gasteiger partial charge in [0, 0.05) is 37.2 Å². The van der Waals surface area contributed by atoms with E-state index in [1.165, 1.54) is 0 Å². The van der Waals surface area contributed by atoms with E-state index in [0.717, 1.165) is 36.3 Å². The Morgan fingerprint density at radius 3 is 2.87 bits per heavy atom. The molecule has 8 heteroatoms. The number of piperidine rings is 1. The third-order valence-electron chi connectivity index (χ3n) is 5.02. The fourth-order valence-corrected chi connectivity index (χ4v) is 3.58. The molecule has 7 nitrogen and oxygen atoms in total. The Bertz CT molecular complexity index is 1010. The number of nitrogens with zero attached hydrogens (tertiary/aromatic N) is 3. The summed E-state index contributed by atoms with van der Waals surface area (Å²) in [6, 6.07) is 11.4. The first kappa shape index (κ1) is 20.3. The molecule has 4 rings (SSSR count). The van der Waals surface area contributed by atoms with E-state index in [0.29, 0.717) is 29.6 Å². The van der Waals surface area contributed by atoms with Crippen LogP contribution in [0, 0.1) is 5.92 Å². The highest BCUT2D eigenvalue weighted by molar-refractivity contribution is 6.33. The maximum atomic E-state index is 12.5. The van der Waals surface area contributed by atoms with Gasteiger partial charge in [0.1, 0.15) is 11.6 Å². The summed E-state index contributed by atoms with van der Waals surface area (Å²) in [6.45, 7) is 2.29. The van der Waals surface area contributed by atoms with Gasteiger partial charge in [-0.3, -0.25) is 9.78 Å². The van der Waals surface area contributed by atoms with Crippen LogP contribution in [0.1, 0.15) is 18.4 Å². The lowest BCUT2D eigenvalue weighted by molar-refractivity contribution is -0.120. The number of pyridine rings is 3. The molecule has 1 fully saturated rings. The number of anilines is 2. The summed E-state index contributed by atoms with van der Waals surface area (Å²) in [4.78, 5) is 25.5. The third kappa shape index (κ3) is 5.11. The predicted molar refractivity (Wildman–Crippen MR) is 118 cm³/mol. The van der Waals surface area contributed by atoms with Crippen molar-refractivity contribution in [1.82, 2.24) is 20.3 Å². The van der Waals surface area contributed by atoms with E-state index in [4.69, 9.17) is 11.6 Å². The van der Waals surface area contributed by atoms with Gasteiger partial charge in [-0.25, -0.2) is 9.97 Å². The smallest absolute Gasteiger partial charge is 0.229 e. The lowest BCUT2D eigenvalue weighted by Gasteiger charge is -2.21. The second-order valence-electron chi connectivity index (χ2n) is 7.20. The van der Waals surface area contributed by atoms with E-state index in [1.807, 2.05) is 30.3 Å². The minimum atomic E-state index is -0.0430. The van der Waals surface area contributed by atoms with Gasteiger partial charge in [0.2, 0.25) is 5.91 Å². The first-order chi connectivity index (χ1) is 14.7. The number of rotatable bonds is 6. The Balaban J connectivity index is 1.49. The molecular formula is C22H23ClN6O. The summed E-state index contributed by atoms with van der Waals surface area (Å²) in [5.74, 6) is 1.14. The molecule has 3 aromatic heterocycles. The Labute approximate surface area is 180 Å². The second kappa shape index (κ2) is 9.65. The third-order valence-corrected chi connectivity index (χ3v) is 5.32. The number of halogens is 1. The van der Waals surface area contributed by atoms with Gasteiger partial charge < -0.3 is 16.0 Å². The number of carbonyl (C=O) groups is 1. The summed E-state index contributed by atoms with van der Waals surface area (Å²) < 4.78 is 0. The molecule has 0 spiro atoms. The largest absolute Gasteiger partial charge is 0.366 e. The first-order valence-corrected chi connectivity index (χ1v) is 10.3. The van der Waals surface area contributed by atoms with Crippen LogP contribution in [0.25, 0.3) is 11.3 Å². The number of hydrogen-bond acceptors (Lipinski definition) is 6. The van der Waals surface area contributed by atoms with Gasteiger partial charge in [-0.05, 0) is 55.3 Å². The molecule has 1 saturated heterocycles. The molecule has 3 N–H and O–H groups in total. The maximum Gasteiger partial charge on any atom is 0.229 e. The summed E-state index contributed by atoms with van der Waals surface area (Å²) in [5.41, 5.74) is 2.54. The highest BCUT2D eigenvalue weighted by atomic mass is 35.5. The number of nitrogens with one attached hydrogen (secondary N) is 3. The quantitative estimate of drug-likeness (QED) is 0.560. The summed E-state index contributed by atoms with van der Waals surface area (Å²) in [5, 5.41) is 9.95. The van der Waals surface area contributed by atoms with Crippen molar-refractivity contribution >= 4 is 29.1 Å². The zero-order chi connectivity index (χ0) is 20.8. The molecule has 0 aliphatic carbocycles. The highest BCUT2D eigenvalue weighted by Gasteiger charge is 2.21. The molecule has 0 saturated carbocycles. The van der Waals surface area contributed by atoms with Gasteiger partial charge in [-0.2, -0.15) is 0 Å². The van der Waals surface area contributed by atoms with Gasteiger partial charge in [-0.15, -0.1) is 0 Å². The number of aromatic nitrogens is 3. The summed E-state index contributed by atoms with van der Waals surface area (Å²) in [6.07, 6.45) is 6.95. The Hall–Kier alpha value is -3.03. The minimum absolute atomic E-state index is 0.0244. The monoisotopic (exact) mass is 422 g/mol. The van der Waals surface area contributed by atoms with E-state index < -0.39 is 0 Å². The molecule has 0 aromatic carbocycles. The van der Waals surface area contributed by atoms with Crippen LogP contribution in [-0.4, -0.2) is 33.9 Å². The van der Waals surface area contributed by atoms with E-state index in [-0.39, 0.29) is 11.8 Å². The number of carbonyl (C=O) groups excluding carboxylic acids is 1. The van der Waals surface area contributed by atoms with Gasteiger partial charge in [-0.1, -0.05) is 17.7 Å². The SMILES string of the molecule is O=C(Nc1cc(-c2cccc(NCc3ccncc3)n2)c(Cl)cn1)[C@@H]1CCCNC1. The molecule has 1 amide bonds. The van der Waals surface area contributed by atoms with Gasteiger partial charge in [0.25, 0.3) is 0 Å². The van der Waals surface area contributed by atoms with Crippen LogP contribution in [0.2, 0.25) is 5.02 Å². The lowest BCUT2D eigenvalue weighted by atomic mass is 9.99. The van der Waals surface area contributed by atoms with Gasteiger partial charge >= 0.3 is 0 Å². The Morgan fingerprint density at radius 1 is 1.20 bits per heavy atom. The molecule has 0 bridgehead atoms. The van der Waals surface area contributed by atoms with Crippen LogP contribution >= 0.6 is 11.6 Å². The number of hydrogen-bond donors (Lipinski definition) is 3. The second-order valence-corrected chi connectivity index (χ2v) is 7.61. The molecule has 1 aliphatic rings. The molecule has 3 aromatic rings. The zero-order valence-corrected chi connectivity index (χ0v) is 17.2. The van der Waals surface area contributed by atoms with Crippen molar-refractivity contribution in [3.63, 3.8) is 0 Å². The fourth-order valence-electron chi connectivity index (χ4n) is 3.38. The van der Waals surface area contributed by atoms with Crippen LogP contribution in [0.4, 0.5) is 11.6 Å². The minimum Gasteiger partial charge on any atom is -0.366 e. The van der Waals surface area contributed by atoms with Crippen LogP contribution in [0.15, 0.2) is 55.0 Å². The molecule has 1 aliphatic heterocycles. The standard InChI is InChI=1S/C22H23ClN6O/c23-18-14-27-21(29-22(30)16-3-2-8-25-13-16)11-17(18)19-4-1-5-20(28-19)26-12-15-6-9-24-10-7-15/h1,4-7,9-11,14,16,25H,2-3,8,12-13H2,(H,26,28)(H,27,29,30)/t16-/m1/s1. The van der Waals surface area contributed by atoms with Crippen molar-refractivity contribution in [2.45, 2.75) is 19.4 Å².